The second-order valence-electron chi connectivity index (χ2n) is 6.52. The minimum atomic E-state index is -3.83. The lowest BCUT2D eigenvalue weighted by Crippen LogP contribution is -2.15. The van der Waals surface area contributed by atoms with Crippen LogP contribution >= 0.6 is 0 Å². The summed E-state index contributed by atoms with van der Waals surface area (Å²) in [5.41, 5.74) is 1.56. The Kier molecular flexibility index (Phi) is 4.43. The minimum Gasteiger partial charge on any atom is -0.495 e. The van der Waals surface area contributed by atoms with Crippen molar-refractivity contribution in [3.63, 3.8) is 0 Å². The molecule has 23 heavy (non-hydrogen) atoms. The van der Waals surface area contributed by atoms with Crippen LogP contribution < -0.4 is 9.46 Å². The molecule has 0 atom stereocenters. The molecular weight excluding hydrogens is 316 g/mol. The molecule has 1 aromatic carbocycles. The van der Waals surface area contributed by atoms with Crippen molar-refractivity contribution in [3.05, 3.63) is 35.1 Å². The van der Waals surface area contributed by atoms with Crippen LogP contribution in [0.2, 0.25) is 0 Å². The second kappa shape index (κ2) is 5.88. The average Bonchev–Trinajstić information content (AvgIpc) is 2.89. The van der Waals surface area contributed by atoms with Crippen molar-refractivity contribution < 1.29 is 17.7 Å². The standard InChI is InChI=1S/C16H22N2O4S/c1-10-7-12(21-6)13(8-11(10)2)23(19,20)18-15-9-14(22-17-15)16(3,4)5/h7-9H,1-6H3,(H,17,18). The zero-order valence-corrected chi connectivity index (χ0v) is 15.0. The van der Waals surface area contributed by atoms with Crippen LogP contribution in [-0.2, 0) is 15.4 Å². The lowest BCUT2D eigenvalue weighted by molar-refractivity contribution is 0.331. The van der Waals surface area contributed by atoms with Crippen LogP contribution in [0.15, 0.2) is 27.6 Å². The lowest BCUT2D eigenvalue weighted by Gasteiger charge is -2.13. The van der Waals surface area contributed by atoms with E-state index < -0.39 is 10.0 Å². The summed E-state index contributed by atoms with van der Waals surface area (Å²) >= 11 is 0. The molecule has 0 aliphatic carbocycles. The van der Waals surface area contributed by atoms with E-state index >= 15 is 0 Å². The number of aromatic nitrogens is 1. The third-order valence-corrected chi connectivity index (χ3v) is 4.93. The maximum absolute atomic E-state index is 12.6. The predicted octanol–water partition coefficient (Wildman–Crippen LogP) is 3.40. The first-order valence-electron chi connectivity index (χ1n) is 7.20. The topological polar surface area (TPSA) is 81.4 Å². The van der Waals surface area contributed by atoms with Crippen molar-refractivity contribution in [1.82, 2.24) is 5.16 Å². The van der Waals surface area contributed by atoms with Crippen LogP contribution in [-0.4, -0.2) is 20.7 Å². The molecule has 1 heterocycles. The van der Waals surface area contributed by atoms with Gasteiger partial charge in [-0.05, 0) is 37.1 Å². The number of benzene rings is 1. The van der Waals surface area contributed by atoms with Gasteiger partial charge in [0.25, 0.3) is 10.0 Å². The van der Waals surface area contributed by atoms with Crippen LogP contribution in [0.5, 0.6) is 5.75 Å². The zero-order chi connectivity index (χ0) is 17.4. The van der Waals surface area contributed by atoms with Crippen molar-refractivity contribution in [1.29, 1.82) is 0 Å². The number of hydrogen-bond acceptors (Lipinski definition) is 5. The van der Waals surface area contributed by atoms with E-state index in [1.807, 2.05) is 34.6 Å². The fraction of sp³-hybridized carbons (Fsp3) is 0.438. The number of hydrogen-bond donors (Lipinski definition) is 1. The summed E-state index contributed by atoms with van der Waals surface area (Å²) in [5, 5.41) is 3.78. The molecule has 0 aliphatic heterocycles. The van der Waals surface area contributed by atoms with E-state index in [2.05, 4.69) is 9.88 Å². The third-order valence-electron chi connectivity index (χ3n) is 3.56. The molecule has 1 aromatic heterocycles. The summed E-state index contributed by atoms with van der Waals surface area (Å²) in [5.74, 6) is 1.04. The predicted molar refractivity (Wildman–Crippen MR) is 88.5 cm³/mol. The van der Waals surface area contributed by atoms with Crippen LogP contribution in [0.1, 0.15) is 37.7 Å². The van der Waals surface area contributed by atoms with E-state index in [0.29, 0.717) is 11.5 Å². The highest BCUT2D eigenvalue weighted by molar-refractivity contribution is 7.92. The van der Waals surface area contributed by atoms with Gasteiger partial charge < -0.3 is 9.26 Å². The van der Waals surface area contributed by atoms with Gasteiger partial charge in [0, 0.05) is 11.5 Å². The Labute approximate surface area is 136 Å². The van der Waals surface area contributed by atoms with Crippen LogP contribution in [0.4, 0.5) is 5.82 Å². The number of rotatable bonds is 4. The first-order valence-corrected chi connectivity index (χ1v) is 8.68. The minimum absolute atomic E-state index is 0.0726. The molecule has 0 spiro atoms. The van der Waals surface area contributed by atoms with E-state index in [-0.39, 0.29) is 16.1 Å². The molecule has 6 nitrogen and oxygen atoms in total. The molecule has 0 amide bonds. The largest absolute Gasteiger partial charge is 0.495 e. The molecule has 7 heteroatoms. The third kappa shape index (κ3) is 3.67. The van der Waals surface area contributed by atoms with Gasteiger partial charge in [-0.3, -0.25) is 4.72 Å². The highest BCUT2D eigenvalue weighted by atomic mass is 32.2. The molecule has 126 valence electrons. The van der Waals surface area contributed by atoms with Crippen molar-refractivity contribution in [2.75, 3.05) is 11.8 Å². The summed E-state index contributed by atoms with van der Waals surface area (Å²) in [6.07, 6.45) is 0. The Bertz CT molecular complexity index is 817. The van der Waals surface area contributed by atoms with Crippen LogP contribution in [0, 0.1) is 13.8 Å². The van der Waals surface area contributed by atoms with Crippen LogP contribution in [0.25, 0.3) is 0 Å². The SMILES string of the molecule is COc1cc(C)c(C)cc1S(=O)(=O)Nc1cc(C(C)(C)C)on1. The summed E-state index contributed by atoms with van der Waals surface area (Å²) < 4.78 is 38.1. The monoisotopic (exact) mass is 338 g/mol. The van der Waals surface area contributed by atoms with Gasteiger partial charge in [0.1, 0.15) is 16.4 Å². The molecule has 2 aromatic rings. The van der Waals surface area contributed by atoms with E-state index in [1.54, 1.807) is 18.2 Å². The van der Waals surface area contributed by atoms with Crippen molar-refractivity contribution >= 4 is 15.8 Å². The van der Waals surface area contributed by atoms with Gasteiger partial charge in [-0.15, -0.1) is 0 Å². The molecule has 0 fully saturated rings. The van der Waals surface area contributed by atoms with Gasteiger partial charge in [-0.25, -0.2) is 8.42 Å². The van der Waals surface area contributed by atoms with E-state index in [1.165, 1.54) is 7.11 Å². The van der Waals surface area contributed by atoms with Gasteiger partial charge >= 0.3 is 0 Å². The Balaban J connectivity index is 2.40. The van der Waals surface area contributed by atoms with Crippen molar-refractivity contribution in [2.45, 2.75) is 44.9 Å². The van der Waals surface area contributed by atoms with Gasteiger partial charge in [0.15, 0.2) is 5.82 Å². The number of anilines is 1. The lowest BCUT2D eigenvalue weighted by atomic mass is 9.93. The van der Waals surface area contributed by atoms with Crippen molar-refractivity contribution in [2.24, 2.45) is 0 Å². The Morgan fingerprint density at radius 3 is 2.26 bits per heavy atom. The quantitative estimate of drug-likeness (QED) is 0.924. The summed E-state index contributed by atoms with van der Waals surface area (Å²) in [6.45, 7) is 9.62. The van der Waals surface area contributed by atoms with Gasteiger partial charge in [0.2, 0.25) is 0 Å². The maximum Gasteiger partial charge on any atom is 0.266 e. The van der Waals surface area contributed by atoms with Gasteiger partial charge in [-0.2, -0.15) is 0 Å². The first-order chi connectivity index (χ1) is 10.5. The molecule has 0 bridgehead atoms. The molecule has 0 saturated heterocycles. The van der Waals surface area contributed by atoms with E-state index in [4.69, 9.17) is 9.26 Å². The Morgan fingerprint density at radius 1 is 1.13 bits per heavy atom. The number of ether oxygens (including phenoxy) is 1. The smallest absolute Gasteiger partial charge is 0.266 e. The van der Waals surface area contributed by atoms with Crippen LogP contribution in [0.3, 0.4) is 0 Å². The first kappa shape index (κ1) is 17.3. The Morgan fingerprint density at radius 2 is 1.74 bits per heavy atom. The molecular formula is C16H22N2O4S. The average molecular weight is 338 g/mol. The number of aryl methyl sites for hydroxylation is 2. The number of nitrogens with zero attached hydrogens (tertiary/aromatic N) is 1. The zero-order valence-electron chi connectivity index (χ0n) is 14.2. The number of nitrogens with one attached hydrogen (secondary N) is 1. The Hall–Kier alpha value is -2.02. The highest BCUT2D eigenvalue weighted by Crippen LogP contribution is 2.30. The highest BCUT2D eigenvalue weighted by Gasteiger charge is 2.24. The maximum atomic E-state index is 12.6. The van der Waals surface area contributed by atoms with Gasteiger partial charge in [0.05, 0.1) is 7.11 Å². The molecule has 1 N–H and O–H groups in total. The van der Waals surface area contributed by atoms with Gasteiger partial charge in [-0.1, -0.05) is 25.9 Å². The fourth-order valence-electron chi connectivity index (χ4n) is 2.00. The molecule has 0 aliphatic rings. The molecule has 0 saturated carbocycles. The number of sulfonamides is 1. The summed E-state index contributed by atoms with van der Waals surface area (Å²) in [6, 6.07) is 4.87. The normalized spacial score (nSPS) is 12.3. The molecule has 0 radical (unpaired) electrons. The second-order valence-corrected chi connectivity index (χ2v) is 8.17. The fourth-order valence-corrected chi connectivity index (χ4v) is 3.22. The molecule has 2 rings (SSSR count). The number of methoxy groups -OCH3 is 1. The van der Waals surface area contributed by atoms with E-state index in [0.717, 1.165) is 11.1 Å². The van der Waals surface area contributed by atoms with E-state index in [9.17, 15) is 8.42 Å². The molecule has 0 unspecified atom stereocenters. The van der Waals surface area contributed by atoms with Crippen molar-refractivity contribution in [3.8, 4) is 5.75 Å². The summed E-state index contributed by atoms with van der Waals surface area (Å²) in [4.78, 5) is 0.0726. The summed E-state index contributed by atoms with van der Waals surface area (Å²) in [7, 11) is -2.38.